The second-order valence-corrected chi connectivity index (χ2v) is 6.14. The van der Waals surface area contributed by atoms with Gasteiger partial charge in [0.15, 0.2) is 0 Å². The number of alkyl halides is 1. The Morgan fingerprint density at radius 3 is 2.50 bits per heavy atom. The lowest BCUT2D eigenvalue weighted by Crippen LogP contribution is -2.05. The van der Waals surface area contributed by atoms with Gasteiger partial charge in [-0.15, -0.1) is 11.6 Å². The third-order valence-electron chi connectivity index (χ3n) is 3.90. The van der Waals surface area contributed by atoms with Crippen LogP contribution in [0.2, 0.25) is 5.02 Å². The smallest absolute Gasteiger partial charge is 0.128 e. The number of fused-ring (bicyclic) bond motifs is 1. The maximum atomic E-state index is 13.9. The molecule has 0 amide bonds. The van der Waals surface area contributed by atoms with Crippen LogP contribution in [0, 0.1) is 5.82 Å². The maximum Gasteiger partial charge on any atom is 0.128 e. The van der Waals surface area contributed by atoms with Gasteiger partial charge in [-0.25, -0.2) is 4.39 Å². The minimum Gasteiger partial charge on any atom is -0.207 e. The molecule has 0 saturated heterocycles. The van der Waals surface area contributed by atoms with Crippen molar-refractivity contribution in [2.75, 3.05) is 0 Å². The summed E-state index contributed by atoms with van der Waals surface area (Å²) in [6.45, 7) is 0. The molecule has 20 heavy (non-hydrogen) atoms. The molecule has 0 spiro atoms. The van der Waals surface area contributed by atoms with E-state index in [2.05, 4.69) is 12.1 Å². The molecule has 0 saturated carbocycles. The van der Waals surface area contributed by atoms with Crippen molar-refractivity contribution >= 4 is 23.2 Å². The lowest BCUT2D eigenvalue weighted by atomic mass is 9.89. The third kappa shape index (κ3) is 2.70. The van der Waals surface area contributed by atoms with Crippen molar-refractivity contribution in [3.8, 4) is 0 Å². The summed E-state index contributed by atoms with van der Waals surface area (Å²) in [6.07, 6.45) is 4.69. The number of rotatable bonds is 2. The molecule has 1 unspecified atom stereocenters. The quantitative estimate of drug-likeness (QED) is 0.625. The molecule has 1 atom stereocenters. The summed E-state index contributed by atoms with van der Waals surface area (Å²) in [4.78, 5) is 0. The number of aryl methyl sites for hydroxylation is 2. The normalized spacial score (nSPS) is 15.8. The molecule has 0 N–H and O–H groups in total. The molecule has 0 fully saturated rings. The zero-order valence-corrected chi connectivity index (χ0v) is 12.5. The Morgan fingerprint density at radius 2 is 1.70 bits per heavy atom. The zero-order valence-electron chi connectivity index (χ0n) is 11.0. The first-order chi connectivity index (χ1) is 9.65. The summed E-state index contributed by atoms with van der Waals surface area (Å²) in [7, 11) is 0. The van der Waals surface area contributed by atoms with Crippen molar-refractivity contribution in [2.45, 2.75) is 31.1 Å². The molecule has 0 nitrogen and oxygen atoms in total. The predicted molar refractivity (Wildman–Crippen MR) is 82.2 cm³/mol. The summed E-state index contributed by atoms with van der Waals surface area (Å²) in [5, 5.41) is 0.00550. The highest BCUT2D eigenvalue weighted by atomic mass is 35.5. The molecule has 2 aromatic carbocycles. The largest absolute Gasteiger partial charge is 0.207 e. The Labute approximate surface area is 128 Å². The average Bonchev–Trinajstić information content (AvgIpc) is 2.48. The van der Waals surface area contributed by atoms with Gasteiger partial charge in [0, 0.05) is 10.6 Å². The van der Waals surface area contributed by atoms with Crippen LogP contribution < -0.4 is 0 Å². The number of hydrogen-bond donors (Lipinski definition) is 0. The lowest BCUT2D eigenvalue weighted by Gasteiger charge is -2.19. The van der Waals surface area contributed by atoms with Crippen LogP contribution in [0.5, 0.6) is 0 Å². The molecule has 3 heteroatoms. The second-order valence-electron chi connectivity index (χ2n) is 5.26. The van der Waals surface area contributed by atoms with E-state index in [0.717, 1.165) is 18.4 Å². The Kier molecular flexibility index (Phi) is 4.00. The van der Waals surface area contributed by atoms with Crippen LogP contribution >= 0.6 is 23.2 Å². The van der Waals surface area contributed by atoms with Crippen molar-refractivity contribution < 1.29 is 4.39 Å². The summed E-state index contributed by atoms with van der Waals surface area (Å²) >= 11 is 12.4. The van der Waals surface area contributed by atoms with Crippen LogP contribution in [0.15, 0.2) is 36.4 Å². The first-order valence-corrected chi connectivity index (χ1v) is 7.67. The minimum absolute atomic E-state index is 0.313. The molecule has 0 radical (unpaired) electrons. The van der Waals surface area contributed by atoms with Gasteiger partial charge in [-0.1, -0.05) is 29.8 Å². The maximum absolute atomic E-state index is 13.9. The molecule has 2 aromatic rings. The van der Waals surface area contributed by atoms with Gasteiger partial charge in [0.25, 0.3) is 0 Å². The highest BCUT2D eigenvalue weighted by molar-refractivity contribution is 6.30. The third-order valence-corrected chi connectivity index (χ3v) is 4.62. The van der Waals surface area contributed by atoms with E-state index in [9.17, 15) is 4.39 Å². The fourth-order valence-electron chi connectivity index (χ4n) is 2.80. The number of benzene rings is 2. The van der Waals surface area contributed by atoms with E-state index in [-0.39, 0.29) is 5.82 Å². The Morgan fingerprint density at radius 1 is 0.950 bits per heavy atom. The van der Waals surface area contributed by atoms with Crippen LogP contribution in [0.25, 0.3) is 0 Å². The van der Waals surface area contributed by atoms with Crippen LogP contribution in [-0.2, 0) is 12.8 Å². The number of halogens is 3. The van der Waals surface area contributed by atoms with Gasteiger partial charge >= 0.3 is 0 Å². The van der Waals surface area contributed by atoms with E-state index >= 15 is 0 Å². The fraction of sp³-hybridized carbons (Fsp3) is 0.294. The average molecular weight is 309 g/mol. The number of hydrogen-bond acceptors (Lipinski definition) is 0. The standard InChI is InChI=1S/C17H15Cl2F/c18-14-7-8-16(20)15(10-14)17(19)13-6-5-11-3-1-2-4-12(11)9-13/h5-10,17H,1-4H2. The Balaban J connectivity index is 1.97. The summed E-state index contributed by atoms with van der Waals surface area (Å²) in [5.41, 5.74) is 4.13. The second kappa shape index (κ2) is 5.75. The molecule has 104 valence electrons. The van der Waals surface area contributed by atoms with E-state index in [0.29, 0.717) is 10.6 Å². The first kappa shape index (κ1) is 13.9. The van der Waals surface area contributed by atoms with Crippen molar-refractivity contribution in [3.05, 3.63) is 69.5 Å². The highest BCUT2D eigenvalue weighted by Gasteiger charge is 2.18. The lowest BCUT2D eigenvalue weighted by molar-refractivity contribution is 0.612. The van der Waals surface area contributed by atoms with Crippen molar-refractivity contribution in [2.24, 2.45) is 0 Å². The van der Waals surface area contributed by atoms with Gasteiger partial charge in [0.1, 0.15) is 5.82 Å². The molecule has 0 heterocycles. The van der Waals surface area contributed by atoms with Gasteiger partial charge in [0.2, 0.25) is 0 Å². The molecular weight excluding hydrogens is 294 g/mol. The van der Waals surface area contributed by atoms with E-state index in [1.807, 2.05) is 6.07 Å². The Bertz CT molecular complexity index is 637. The fourth-order valence-corrected chi connectivity index (χ4v) is 3.28. The minimum atomic E-state index is -0.499. The Hall–Kier alpha value is -1.05. The molecule has 0 bridgehead atoms. The first-order valence-electron chi connectivity index (χ1n) is 6.86. The predicted octanol–water partition coefficient (Wildman–Crippen LogP) is 5.69. The van der Waals surface area contributed by atoms with Crippen LogP contribution in [0.4, 0.5) is 4.39 Å². The van der Waals surface area contributed by atoms with Gasteiger partial charge in [0.05, 0.1) is 5.38 Å². The van der Waals surface area contributed by atoms with E-state index < -0.39 is 5.38 Å². The van der Waals surface area contributed by atoms with Gasteiger partial charge in [-0.3, -0.25) is 0 Å². The monoisotopic (exact) mass is 308 g/mol. The summed E-state index contributed by atoms with van der Waals surface area (Å²) in [5.74, 6) is -0.313. The zero-order chi connectivity index (χ0) is 14.1. The van der Waals surface area contributed by atoms with Crippen LogP contribution in [-0.4, -0.2) is 0 Å². The van der Waals surface area contributed by atoms with Crippen LogP contribution in [0.3, 0.4) is 0 Å². The van der Waals surface area contributed by atoms with Gasteiger partial charge in [-0.2, -0.15) is 0 Å². The van der Waals surface area contributed by atoms with Crippen LogP contribution in [0.1, 0.15) is 40.5 Å². The van der Waals surface area contributed by atoms with Gasteiger partial charge < -0.3 is 0 Å². The van der Waals surface area contributed by atoms with Gasteiger partial charge in [-0.05, 0) is 60.6 Å². The molecule has 1 aliphatic carbocycles. The summed E-state index contributed by atoms with van der Waals surface area (Å²) in [6, 6.07) is 10.8. The van der Waals surface area contributed by atoms with Crippen molar-refractivity contribution in [3.63, 3.8) is 0 Å². The van der Waals surface area contributed by atoms with E-state index in [1.54, 1.807) is 6.07 Å². The molecule has 0 aromatic heterocycles. The van der Waals surface area contributed by atoms with Crippen molar-refractivity contribution in [1.82, 2.24) is 0 Å². The molecule has 3 rings (SSSR count). The highest BCUT2D eigenvalue weighted by Crippen LogP contribution is 2.34. The molecular formula is C17H15Cl2F. The van der Waals surface area contributed by atoms with E-state index in [1.165, 1.54) is 36.1 Å². The van der Waals surface area contributed by atoms with E-state index in [4.69, 9.17) is 23.2 Å². The van der Waals surface area contributed by atoms with Crippen molar-refractivity contribution in [1.29, 1.82) is 0 Å². The molecule has 0 aliphatic heterocycles. The topological polar surface area (TPSA) is 0 Å². The molecule has 1 aliphatic rings. The summed E-state index contributed by atoms with van der Waals surface area (Å²) < 4.78 is 13.9. The SMILES string of the molecule is Fc1ccc(Cl)cc1C(Cl)c1ccc2c(c1)CCCC2.